The number of methoxy groups -OCH3 is 2. The van der Waals surface area contributed by atoms with Gasteiger partial charge in [-0.15, -0.1) is 11.3 Å². The van der Waals surface area contributed by atoms with Gasteiger partial charge in [0.25, 0.3) is 0 Å². The van der Waals surface area contributed by atoms with Crippen molar-refractivity contribution in [2.24, 2.45) is 0 Å². The number of carbonyl (C=O) groups is 1. The molecule has 114 valence electrons. The van der Waals surface area contributed by atoms with Gasteiger partial charge in [0.15, 0.2) is 16.4 Å². The van der Waals surface area contributed by atoms with E-state index in [9.17, 15) is 9.90 Å². The summed E-state index contributed by atoms with van der Waals surface area (Å²) in [5.41, 5.74) is 0. The Hall–Kier alpha value is -1.95. The molecule has 1 aromatic carbocycles. The summed E-state index contributed by atoms with van der Waals surface area (Å²) in [7, 11) is 3.06. The molecule has 0 saturated heterocycles. The van der Waals surface area contributed by atoms with Crippen LogP contribution >= 0.6 is 11.3 Å². The van der Waals surface area contributed by atoms with Gasteiger partial charge in [0.05, 0.1) is 20.8 Å². The lowest BCUT2D eigenvalue weighted by Gasteiger charge is -2.06. The zero-order valence-electron chi connectivity index (χ0n) is 12.3. The Morgan fingerprint density at radius 3 is 2.52 bits per heavy atom. The van der Waals surface area contributed by atoms with Crippen molar-refractivity contribution in [3.63, 3.8) is 0 Å². The van der Waals surface area contributed by atoms with E-state index in [1.165, 1.54) is 25.6 Å². The van der Waals surface area contributed by atoms with Crippen LogP contribution in [0.4, 0.5) is 0 Å². The molecule has 0 atom stereocenters. The average molecular weight is 310 g/mol. The summed E-state index contributed by atoms with van der Waals surface area (Å²) in [5.74, 6) is 0.485. The number of thiophene rings is 1. The van der Waals surface area contributed by atoms with Crippen LogP contribution in [0.3, 0.4) is 0 Å². The molecule has 5 nitrogen and oxygen atoms in total. The van der Waals surface area contributed by atoms with Crippen LogP contribution in [0, 0.1) is 0 Å². The van der Waals surface area contributed by atoms with Gasteiger partial charge in [-0.2, -0.15) is 0 Å². The molecule has 1 N–H and O–H groups in total. The van der Waals surface area contributed by atoms with Crippen LogP contribution < -0.4 is 9.47 Å². The van der Waals surface area contributed by atoms with E-state index in [0.29, 0.717) is 23.5 Å². The lowest BCUT2D eigenvalue weighted by molar-refractivity contribution is 0.0503. The number of fused-ring (bicyclic) bond motifs is 1. The fourth-order valence-corrected chi connectivity index (χ4v) is 2.92. The van der Waals surface area contributed by atoms with Gasteiger partial charge < -0.3 is 19.3 Å². The zero-order valence-corrected chi connectivity index (χ0v) is 13.1. The van der Waals surface area contributed by atoms with Gasteiger partial charge in [0.2, 0.25) is 0 Å². The van der Waals surface area contributed by atoms with Crippen LogP contribution in [0.15, 0.2) is 12.1 Å². The van der Waals surface area contributed by atoms with E-state index in [1.807, 2.05) is 6.92 Å². The minimum absolute atomic E-state index is 0.0718. The second-order valence-corrected chi connectivity index (χ2v) is 5.52. The molecule has 2 aromatic rings. The molecule has 0 spiro atoms. The maximum atomic E-state index is 12.0. The molecule has 21 heavy (non-hydrogen) atoms. The molecule has 6 heteroatoms. The summed E-state index contributed by atoms with van der Waals surface area (Å²) < 4.78 is 16.3. The standard InChI is InChI=1S/C15H18O5S/c1-4-5-6-20-15(17)14-13(16)9-7-10(18-2)11(19-3)8-12(9)21-14/h7-8,16H,4-6H2,1-3H3. The smallest absolute Gasteiger partial charge is 0.352 e. The maximum absolute atomic E-state index is 12.0. The first-order valence-electron chi connectivity index (χ1n) is 6.67. The molecular weight excluding hydrogens is 292 g/mol. The van der Waals surface area contributed by atoms with Gasteiger partial charge in [0, 0.05) is 16.2 Å². The van der Waals surface area contributed by atoms with Crippen LogP contribution in [0.1, 0.15) is 29.4 Å². The molecule has 0 aliphatic carbocycles. The number of hydrogen-bond donors (Lipinski definition) is 1. The summed E-state index contributed by atoms with van der Waals surface area (Å²) in [6.45, 7) is 2.37. The highest BCUT2D eigenvalue weighted by atomic mass is 32.1. The fraction of sp³-hybridized carbons (Fsp3) is 0.400. The summed E-state index contributed by atoms with van der Waals surface area (Å²) in [6.07, 6.45) is 1.75. The van der Waals surface area contributed by atoms with E-state index in [0.717, 1.165) is 17.5 Å². The summed E-state index contributed by atoms with van der Waals surface area (Å²) >= 11 is 1.18. The maximum Gasteiger partial charge on any atom is 0.352 e. The second kappa shape index (κ2) is 6.67. The van der Waals surface area contributed by atoms with Crippen LogP contribution in [0.2, 0.25) is 0 Å². The summed E-state index contributed by atoms with van der Waals surface area (Å²) in [4.78, 5) is 12.2. The molecule has 0 radical (unpaired) electrons. The van der Waals surface area contributed by atoms with Crippen LogP contribution in [0.25, 0.3) is 10.1 Å². The van der Waals surface area contributed by atoms with Crippen molar-refractivity contribution in [1.29, 1.82) is 0 Å². The minimum atomic E-state index is -0.500. The first-order chi connectivity index (χ1) is 10.1. The highest BCUT2D eigenvalue weighted by Gasteiger charge is 2.21. The summed E-state index contributed by atoms with van der Waals surface area (Å²) in [6, 6.07) is 3.39. The lowest BCUT2D eigenvalue weighted by Crippen LogP contribution is -2.04. The van der Waals surface area contributed by atoms with Gasteiger partial charge in [0.1, 0.15) is 5.75 Å². The van der Waals surface area contributed by atoms with Crippen molar-refractivity contribution in [3.05, 3.63) is 17.0 Å². The topological polar surface area (TPSA) is 65.0 Å². The Morgan fingerprint density at radius 1 is 1.24 bits per heavy atom. The predicted octanol–water partition coefficient (Wildman–Crippen LogP) is 3.58. The average Bonchev–Trinajstić information content (AvgIpc) is 2.82. The monoisotopic (exact) mass is 310 g/mol. The highest BCUT2D eigenvalue weighted by molar-refractivity contribution is 7.21. The van der Waals surface area contributed by atoms with Crippen molar-refractivity contribution in [2.45, 2.75) is 19.8 Å². The van der Waals surface area contributed by atoms with Gasteiger partial charge in [-0.3, -0.25) is 0 Å². The zero-order chi connectivity index (χ0) is 15.4. The summed E-state index contributed by atoms with van der Waals surface area (Å²) in [5, 5.41) is 10.8. The van der Waals surface area contributed by atoms with E-state index in [1.54, 1.807) is 12.1 Å². The molecule has 2 rings (SSSR count). The largest absolute Gasteiger partial charge is 0.505 e. The molecule has 0 fully saturated rings. The van der Waals surface area contributed by atoms with Crippen molar-refractivity contribution < 1.29 is 24.1 Å². The minimum Gasteiger partial charge on any atom is -0.505 e. The third-order valence-electron chi connectivity index (χ3n) is 3.08. The number of ether oxygens (including phenoxy) is 3. The van der Waals surface area contributed by atoms with E-state index in [2.05, 4.69) is 0 Å². The van der Waals surface area contributed by atoms with Gasteiger partial charge in [-0.1, -0.05) is 13.3 Å². The van der Waals surface area contributed by atoms with E-state index < -0.39 is 5.97 Å². The first kappa shape index (κ1) is 15.4. The second-order valence-electron chi connectivity index (χ2n) is 4.47. The number of aromatic hydroxyl groups is 1. The molecule has 0 aliphatic rings. The SMILES string of the molecule is CCCCOC(=O)c1sc2cc(OC)c(OC)cc2c1O. The van der Waals surface area contributed by atoms with Crippen LogP contribution in [-0.2, 0) is 4.74 Å². The molecule has 0 saturated carbocycles. The van der Waals surface area contributed by atoms with Crippen molar-refractivity contribution in [1.82, 2.24) is 0 Å². The van der Waals surface area contributed by atoms with Crippen molar-refractivity contribution >= 4 is 27.4 Å². The molecule has 0 aliphatic heterocycles. The van der Waals surface area contributed by atoms with Gasteiger partial charge >= 0.3 is 5.97 Å². The fourth-order valence-electron chi connectivity index (χ4n) is 1.92. The first-order valence-corrected chi connectivity index (χ1v) is 7.48. The number of esters is 1. The number of unbranched alkanes of at least 4 members (excludes halogenated alkanes) is 1. The third-order valence-corrected chi connectivity index (χ3v) is 4.21. The Bertz CT molecular complexity index is 647. The molecule has 0 unspecified atom stereocenters. The number of rotatable bonds is 6. The lowest BCUT2D eigenvalue weighted by atomic mass is 10.2. The van der Waals surface area contributed by atoms with Gasteiger partial charge in [-0.25, -0.2) is 4.79 Å². The van der Waals surface area contributed by atoms with Crippen molar-refractivity contribution in [3.8, 4) is 17.2 Å². The predicted molar refractivity (Wildman–Crippen MR) is 81.8 cm³/mol. The van der Waals surface area contributed by atoms with Crippen LogP contribution in [0.5, 0.6) is 17.2 Å². The van der Waals surface area contributed by atoms with Gasteiger partial charge in [-0.05, 0) is 12.5 Å². The highest BCUT2D eigenvalue weighted by Crippen LogP contribution is 2.42. The van der Waals surface area contributed by atoms with Crippen molar-refractivity contribution in [2.75, 3.05) is 20.8 Å². The van der Waals surface area contributed by atoms with E-state index >= 15 is 0 Å². The molecule has 0 bridgehead atoms. The number of hydrogen-bond acceptors (Lipinski definition) is 6. The molecule has 1 heterocycles. The normalized spacial score (nSPS) is 10.6. The molecular formula is C15H18O5S. The van der Waals surface area contributed by atoms with E-state index in [-0.39, 0.29) is 10.6 Å². The quantitative estimate of drug-likeness (QED) is 0.652. The third kappa shape index (κ3) is 3.05. The number of benzene rings is 1. The Labute approximate surface area is 127 Å². The Morgan fingerprint density at radius 2 is 1.90 bits per heavy atom. The Kier molecular flexibility index (Phi) is 4.90. The van der Waals surface area contributed by atoms with Crippen LogP contribution in [-0.4, -0.2) is 31.9 Å². The molecule has 0 amide bonds. The van der Waals surface area contributed by atoms with E-state index in [4.69, 9.17) is 14.2 Å². The number of carbonyl (C=O) groups excluding carboxylic acids is 1. The Balaban J connectivity index is 2.38. The molecule has 1 aromatic heterocycles.